The van der Waals surface area contributed by atoms with Crippen molar-refractivity contribution in [1.29, 1.82) is 0 Å². The molecule has 0 spiro atoms. The minimum Gasteiger partial charge on any atom is -0.489 e. The van der Waals surface area contributed by atoms with E-state index in [9.17, 15) is 4.79 Å². The lowest BCUT2D eigenvalue weighted by molar-refractivity contribution is 0.0655. The van der Waals surface area contributed by atoms with Crippen molar-refractivity contribution in [3.63, 3.8) is 0 Å². The van der Waals surface area contributed by atoms with E-state index in [1.54, 1.807) is 0 Å². The van der Waals surface area contributed by atoms with Crippen LogP contribution in [0.15, 0.2) is 54.6 Å². The van der Waals surface area contributed by atoms with Crippen molar-refractivity contribution in [3.8, 4) is 5.75 Å². The fourth-order valence-corrected chi connectivity index (χ4v) is 2.77. The average Bonchev–Trinajstić information content (AvgIpc) is 2.61. The Balaban J connectivity index is 0.00000208. The summed E-state index contributed by atoms with van der Waals surface area (Å²) in [4.78, 5) is 14.6. The molecule has 1 saturated heterocycles. The minimum absolute atomic E-state index is 0. The van der Waals surface area contributed by atoms with E-state index in [1.807, 2.05) is 59.5 Å². The number of nitrogens with one attached hydrogen (secondary N) is 1. The van der Waals surface area contributed by atoms with Crippen LogP contribution in [0.1, 0.15) is 22.8 Å². The normalized spacial score (nSPS) is 17.0. The molecule has 1 fully saturated rings. The summed E-state index contributed by atoms with van der Waals surface area (Å²) in [6.45, 7) is 5.01. The van der Waals surface area contributed by atoms with E-state index >= 15 is 0 Å². The lowest BCUT2D eigenvalue weighted by Gasteiger charge is -2.34. The first-order chi connectivity index (χ1) is 11.2. The van der Waals surface area contributed by atoms with Gasteiger partial charge in [0.05, 0.1) is 0 Å². The Kier molecular flexibility index (Phi) is 6.64. The van der Waals surface area contributed by atoms with E-state index in [2.05, 4.69) is 12.2 Å². The first-order valence-electron chi connectivity index (χ1n) is 8.02. The third kappa shape index (κ3) is 4.49. The second kappa shape index (κ2) is 8.71. The van der Waals surface area contributed by atoms with Crippen LogP contribution >= 0.6 is 12.4 Å². The fourth-order valence-electron chi connectivity index (χ4n) is 2.77. The summed E-state index contributed by atoms with van der Waals surface area (Å²) in [5.41, 5.74) is 1.80. The molecule has 1 amide bonds. The van der Waals surface area contributed by atoms with Crippen molar-refractivity contribution in [1.82, 2.24) is 10.2 Å². The van der Waals surface area contributed by atoms with Gasteiger partial charge in [0.2, 0.25) is 0 Å². The summed E-state index contributed by atoms with van der Waals surface area (Å²) < 4.78 is 5.81. The predicted octanol–water partition coefficient (Wildman–Crippen LogP) is 3.12. The third-order valence-electron chi connectivity index (χ3n) is 4.09. The largest absolute Gasteiger partial charge is 0.489 e. The Bertz CT molecular complexity index is 663. The van der Waals surface area contributed by atoms with Gasteiger partial charge in [0.25, 0.3) is 5.91 Å². The molecule has 0 saturated carbocycles. The van der Waals surface area contributed by atoms with Crippen LogP contribution in [-0.4, -0.2) is 36.5 Å². The SMILES string of the molecule is C[C@H]1CNCCN1C(=O)c1cccc(OCc2ccccc2)c1.Cl. The molecule has 1 atom stereocenters. The van der Waals surface area contributed by atoms with Crippen molar-refractivity contribution in [2.24, 2.45) is 0 Å². The van der Waals surface area contributed by atoms with Gasteiger partial charge in [-0.05, 0) is 30.7 Å². The van der Waals surface area contributed by atoms with Crippen LogP contribution in [0.25, 0.3) is 0 Å². The zero-order valence-corrected chi connectivity index (χ0v) is 14.6. The topological polar surface area (TPSA) is 41.6 Å². The number of halogens is 1. The predicted molar refractivity (Wildman–Crippen MR) is 97.8 cm³/mol. The van der Waals surface area contributed by atoms with E-state index in [0.29, 0.717) is 12.2 Å². The van der Waals surface area contributed by atoms with Gasteiger partial charge in [0.15, 0.2) is 0 Å². The van der Waals surface area contributed by atoms with Crippen LogP contribution in [0, 0.1) is 0 Å². The minimum atomic E-state index is 0. The monoisotopic (exact) mass is 346 g/mol. The molecule has 24 heavy (non-hydrogen) atoms. The molecule has 1 N–H and O–H groups in total. The molecular formula is C19H23ClN2O2. The summed E-state index contributed by atoms with van der Waals surface area (Å²) in [5.74, 6) is 0.798. The highest BCUT2D eigenvalue weighted by Crippen LogP contribution is 2.18. The molecule has 0 unspecified atom stereocenters. The highest BCUT2D eigenvalue weighted by molar-refractivity contribution is 5.94. The number of benzene rings is 2. The molecule has 2 aromatic rings. The maximum Gasteiger partial charge on any atom is 0.254 e. The Morgan fingerprint density at radius 1 is 1.21 bits per heavy atom. The number of nitrogens with zero attached hydrogens (tertiary/aromatic N) is 1. The van der Waals surface area contributed by atoms with Crippen LogP contribution in [0.2, 0.25) is 0 Å². The van der Waals surface area contributed by atoms with Crippen molar-refractivity contribution in [3.05, 3.63) is 65.7 Å². The summed E-state index contributed by atoms with van der Waals surface area (Å²) >= 11 is 0. The van der Waals surface area contributed by atoms with Crippen LogP contribution < -0.4 is 10.1 Å². The van der Waals surface area contributed by atoms with Crippen LogP contribution in [-0.2, 0) is 6.61 Å². The maximum absolute atomic E-state index is 12.7. The highest BCUT2D eigenvalue weighted by Gasteiger charge is 2.24. The van der Waals surface area contributed by atoms with Gasteiger partial charge >= 0.3 is 0 Å². The summed E-state index contributed by atoms with van der Waals surface area (Å²) in [7, 11) is 0. The lowest BCUT2D eigenvalue weighted by atomic mass is 10.1. The fraction of sp³-hybridized carbons (Fsp3) is 0.316. The Morgan fingerprint density at radius 2 is 2.00 bits per heavy atom. The highest BCUT2D eigenvalue weighted by atomic mass is 35.5. The Morgan fingerprint density at radius 3 is 2.75 bits per heavy atom. The summed E-state index contributed by atoms with van der Waals surface area (Å²) in [6.07, 6.45) is 0. The van der Waals surface area contributed by atoms with E-state index in [4.69, 9.17) is 4.74 Å². The molecule has 1 aliphatic heterocycles. The van der Waals surface area contributed by atoms with E-state index in [-0.39, 0.29) is 24.4 Å². The zero-order valence-electron chi connectivity index (χ0n) is 13.8. The molecule has 0 radical (unpaired) electrons. The number of rotatable bonds is 4. The van der Waals surface area contributed by atoms with Gasteiger partial charge in [-0.2, -0.15) is 0 Å². The van der Waals surface area contributed by atoms with E-state index < -0.39 is 0 Å². The Labute approximate surface area is 149 Å². The standard InChI is InChI=1S/C19H22N2O2.ClH/c1-15-13-20-10-11-21(15)19(22)17-8-5-9-18(12-17)23-14-16-6-3-2-4-7-16;/h2-9,12,15,20H,10-11,13-14H2,1H3;1H/t15-;/m0./s1. The smallest absolute Gasteiger partial charge is 0.254 e. The van der Waals surface area contributed by atoms with Gasteiger partial charge in [-0.1, -0.05) is 36.4 Å². The van der Waals surface area contributed by atoms with Crippen molar-refractivity contribution >= 4 is 18.3 Å². The second-order valence-corrected chi connectivity index (χ2v) is 5.85. The van der Waals surface area contributed by atoms with Crippen LogP contribution in [0.3, 0.4) is 0 Å². The molecular weight excluding hydrogens is 324 g/mol. The van der Waals surface area contributed by atoms with Crippen molar-refractivity contribution < 1.29 is 9.53 Å². The quantitative estimate of drug-likeness (QED) is 0.924. The van der Waals surface area contributed by atoms with Gasteiger partial charge in [-0.15, -0.1) is 12.4 Å². The van der Waals surface area contributed by atoms with Crippen molar-refractivity contribution in [2.45, 2.75) is 19.6 Å². The number of hydrogen-bond donors (Lipinski definition) is 1. The van der Waals surface area contributed by atoms with Crippen LogP contribution in [0.5, 0.6) is 5.75 Å². The zero-order chi connectivity index (χ0) is 16.1. The first-order valence-corrected chi connectivity index (χ1v) is 8.02. The number of piperazine rings is 1. The van der Waals surface area contributed by atoms with Gasteiger partial charge in [0.1, 0.15) is 12.4 Å². The number of carbonyl (C=O) groups is 1. The molecule has 1 aliphatic rings. The number of amides is 1. The van der Waals surface area contributed by atoms with Gasteiger partial charge in [-0.25, -0.2) is 0 Å². The lowest BCUT2D eigenvalue weighted by Crippen LogP contribution is -2.52. The molecule has 128 valence electrons. The summed E-state index contributed by atoms with van der Waals surface area (Å²) in [6, 6.07) is 17.7. The molecule has 2 aromatic carbocycles. The molecule has 3 rings (SSSR count). The van der Waals surface area contributed by atoms with Gasteiger partial charge < -0.3 is 15.0 Å². The second-order valence-electron chi connectivity index (χ2n) is 5.85. The molecule has 1 heterocycles. The number of carbonyl (C=O) groups excluding carboxylic acids is 1. The molecule has 0 aliphatic carbocycles. The molecule has 4 nitrogen and oxygen atoms in total. The number of hydrogen-bond acceptors (Lipinski definition) is 3. The molecule has 0 bridgehead atoms. The molecule has 5 heteroatoms. The third-order valence-corrected chi connectivity index (χ3v) is 4.09. The van der Waals surface area contributed by atoms with Gasteiger partial charge in [-0.3, -0.25) is 4.79 Å². The van der Waals surface area contributed by atoms with Gasteiger partial charge in [0, 0.05) is 31.2 Å². The average molecular weight is 347 g/mol. The maximum atomic E-state index is 12.7. The van der Waals surface area contributed by atoms with Crippen molar-refractivity contribution in [2.75, 3.05) is 19.6 Å². The first kappa shape index (κ1) is 18.3. The van der Waals surface area contributed by atoms with Crippen LogP contribution in [0.4, 0.5) is 0 Å². The van der Waals surface area contributed by atoms with E-state index in [1.165, 1.54) is 0 Å². The Hall–Kier alpha value is -2.04. The summed E-state index contributed by atoms with van der Waals surface area (Å²) in [5, 5.41) is 3.30. The molecule has 0 aromatic heterocycles. The number of ether oxygens (including phenoxy) is 1. The van der Waals surface area contributed by atoms with E-state index in [0.717, 1.165) is 30.9 Å².